The summed E-state index contributed by atoms with van der Waals surface area (Å²) in [7, 11) is 0. The fraction of sp³-hybridized carbons (Fsp3) is 0.111. The Bertz CT molecular complexity index is 2210. The monoisotopic (exact) mass is 576 g/mol. The molecule has 0 saturated carbocycles. The largest absolute Gasteiger partial charge is 0.115 e. The SMILES string of the molecule is C#Cc1ccc(-c2ccc3ccccc3c2)cc1/C=C\Cc1cc2c(c3ccccc13)C(=C)c1ccccc1/C=C\CC2(C)C. The van der Waals surface area contributed by atoms with Crippen molar-refractivity contribution in [1.82, 2.24) is 0 Å². The van der Waals surface area contributed by atoms with Crippen molar-refractivity contribution in [3.63, 3.8) is 0 Å². The van der Waals surface area contributed by atoms with E-state index in [4.69, 9.17) is 6.42 Å². The highest BCUT2D eigenvalue weighted by Gasteiger charge is 2.28. The number of benzene rings is 6. The molecular formula is C45H36. The van der Waals surface area contributed by atoms with Gasteiger partial charge in [0.05, 0.1) is 0 Å². The maximum Gasteiger partial charge on any atom is 0.0315 e. The van der Waals surface area contributed by atoms with Gasteiger partial charge in [-0.3, -0.25) is 0 Å². The summed E-state index contributed by atoms with van der Waals surface area (Å²) in [6.45, 7) is 9.39. The van der Waals surface area contributed by atoms with Crippen molar-refractivity contribution in [2.75, 3.05) is 0 Å². The Morgan fingerprint density at radius 3 is 2.33 bits per heavy atom. The maximum absolute atomic E-state index is 5.97. The molecule has 0 heteroatoms. The first kappa shape index (κ1) is 28.4. The summed E-state index contributed by atoms with van der Waals surface area (Å²) < 4.78 is 0. The van der Waals surface area contributed by atoms with Crippen LogP contribution in [-0.2, 0) is 11.8 Å². The van der Waals surface area contributed by atoms with Crippen LogP contribution in [0.2, 0.25) is 0 Å². The van der Waals surface area contributed by atoms with Gasteiger partial charge in [-0.05, 0) is 108 Å². The highest BCUT2D eigenvalue weighted by atomic mass is 14.3. The number of rotatable bonds is 4. The van der Waals surface area contributed by atoms with E-state index in [0.717, 1.165) is 35.1 Å². The van der Waals surface area contributed by atoms with Crippen LogP contribution in [0.3, 0.4) is 0 Å². The van der Waals surface area contributed by atoms with Crippen LogP contribution in [0.5, 0.6) is 0 Å². The van der Waals surface area contributed by atoms with E-state index in [-0.39, 0.29) is 5.41 Å². The molecule has 1 aliphatic rings. The lowest BCUT2D eigenvalue weighted by Gasteiger charge is -2.29. The van der Waals surface area contributed by atoms with E-state index in [0.29, 0.717) is 0 Å². The van der Waals surface area contributed by atoms with Gasteiger partial charge in [0.2, 0.25) is 0 Å². The zero-order chi connectivity index (χ0) is 31.0. The number of fused-ring (bicyclic) bond motifs is 5. The standard InChI is InChI=1S/C45H36/c1-5-32-23-25-37(38-26-24-33-14-6-7-16-36(33)29-38)28-35(32)17-12-18-39-30-43-44(42-22-11-10-21-41(39)42)31(2)40-20-9-8-15-34(40)19-13-27-45(43,3)4/h1,6-17,19-26,28-30H,2,18,27H2,3-4H3/b17-12-,19-13-. The van der Waals surface area contributed by atoms with Gasteiger partial charge in [-0.2, -0.15) is 0 Å². The van der Waals surface area contributed by atoms with Crippen LogP contribution < -0.4 is 0 Å². The average molecular weight is 577 g/mol. The van der Waals surface area contributed by atoms with Crippen molar-refractivity contribution in [3.8, 4) is 23.5 Å². The lowest BCUT2D eigenvalue weighted by molar-refractivity contribution is 0.534. The minimum absolute atomic E-state index is 0.0653. The fourth-order valence-corrected chi connectivity index (χ4v) is 6.81. The van der Waals surface area contributed by atoms with Gasteiger partial charge in [0.15, 0.2) is 0 Å². The third-order valence-corrected chi connectivity index (χ3v) is 9.30. The molecule has 0 heterocycles. The number of hydrogen-bond donors (Lipinski definition) is 0. The van der Waals surface area contributed by atoms with Gasteiger partial charge in [-0.25, -0.2) is 0 Å². The first-order valence-corrected chi connectivity index (χ1v) is 15.7. The first-order chi connectivity index (χ1) is 21.9. The van der Waals surface area contributed by atoms with Crippen LogP contribution in [0.25, 0.3) is 50.4 Å². The third kappa shape index (κ3) is 5.32. The van der Waals surface area contributed by atoms with Gasteiger partial charge in [0.25, 0.3) is 0 Å². The summed E-state index contributed by atoms with van der Waals surface area (Å²) in [6.07, 6.45) is 16.7. The molecule has 0 unspecified atom stereocenters. The van der Waals surface area contributed by atoms with Gasteiger partial charge in [-0.15, -0.1) is 6.42 Å². The predicted molar refractivity (Wildman–Crippen MR) is 195 cm³/mol. The number of hydrogen-bond acceptors (Lipinski definition) is 0. The molecule has 0 aliphatic heterocycles. The molecule has 6 aromatic rings. The maximum atomic E-state index is 5.97. The van der Waals surface area contributed by atoms with Crippen LogP contribution >= 0.6 is 0 Å². The van der Waals surface area contributed by atoms with E-state index in [1.54, 1.807) is 0 Å². The summed E-state index contributed by atoms with van der Waals surface area (Å²) in [5, 5.41) is 5.01. The Kier molecular flexibility index (Phi) is 7.32. The fourth-order valence-electron chi connectivity index (χ4n) is 6.81. The van der Waals surface area contributed by atoms with E-state index < -0.39 is 0 Å². The van der Waals surface area contributed by atoms with Crippen molar-refractivity contribution < 1.29 is 0 Å². The second kappa shape index (κ2) is 11.6. The van der Waals surface area contributed by atoms with Crippen molar-refractivity contribution in [2.45, 2.75) is 32.1 Å². The molecule has 0 atom stereocenters. The molecule has 1 aliphatic carbocycles. The molecule has 0 bridgehead atoms. The zero-order valence-corrected chi connectivity index (χ0v) is 26.0. The summed E-state index contributed by atoms with van der Waals surface area (Å²) in [5.74, 6) is 2.90. The van der Waals surface area contributed by atoms with Crippen LogP contribution in [0, 0.1) is 12.3 Å². The van der Waals surface area contributed by atoms with Gasteiger partial charge in [0, 0.05) is 5.56 Å². The number of allylic oxidation sites excluding steroid dienone is 2. The minimum Gasteiger partial charge on any atom is -0.115 e. The Morgan fingerprint density at radius 1 is 0.778 bits per heavy atom. The summed E-state index contributed by atoms with van der Waals surface area (Å²) >= 11 is 0. The molecule has 45 heavy (non-hydrogen) atoms. The van der Waals surface area contributed by atoms with Gasteiger partial charge in [0.1, 0.15) is 0 Å². The van der Waals surface area contributed by atoms with Crippen LogP contribution in [-0.4, -0.2) is 0 Å². The second-order valence-corrected chi connectivity index (χ2v) is 12.7. The summed E-state index contributed by atoms with van der Waals surface area (Å²) in [4.78, 5) is 0. The molecule has 0 saturated heterocycles. The van der Waals surface area contributed by atoms with E-state index in [1.807, 2.05) is 0 Å². The Balaban J connectivity index is 1.30. The molecule has 0 nitrogen and oxygen atoms in total. The van der Waals surface area contributed by atoms with E-state index in [9.17, 15) is 0 Å². The van der Waals surface area contributed by atoms with Crippen molar-refractivity contribution in [1.29, 1.82) is 0 Å². The Morgan fingerprint density at radius 2 is 1.49 bits per heavy atom. The lowest BCUT2D eigenvalue weighted by atomic mass is 9.74. The first-order valence-electron chi connectivity index (χ1n) is 15.7. The molecule has 0 aromatic heterocycles. The zero-order valence-electron chi connectivity index (χ0n) is 26.0. The molecule has 7 rings (SSSR count). The predicted octanol–water partition coefficient (Wildman–Crippen LogP) is 11.7. The molecule has 0 spiro atoms. The third-order valence-electron chi connectivity index (χ3n) is 9.30. The minimum atomic E-state index is -0.0653. The topological polar surface area (TPSA) is 0 Å². The highest BCUT2D eigenvalue weighted by molar-refractivity contribution is 6.01. The lowest BCUT2D eigenvalue weighted by Crippen LogP contribution is -2.19. The average Bonchev–Trinajstić information content (AvgIpc) is 3.11. The van der Waals surface area contributed by atoms with Crippen molar-refractivity contribution in [3.05, 3.63) is 173 Å². The van der Waals surface area contributed by atoms with E-state index in [2.05, 4.69) is 166 Å². The Labute approximate surface area is 267 Å². The van der Waals surface area contributed by atoms with E-state index >= 15 is 0 Å². The normalized spacial score (nSPS) is 14.7. The molecule has 6 aromatic carbocycles. The Hall–Kier alpha value is -5.38. The van der Waals surface area contributed by atoms with Crippen LogP contribution in [0.1, 0.15) is 59.2 Å². The van der Waals surface area contributed by atoms with Crippen molar-refractivity contribution in [2.24, 2.45) is 0 Å². The van der Waals surface area contributed by atoms with Gasteiger partial charge >= 0.3 is 0 Å². The smallest absolute Gasteiger partial charge is 0.0315 e. The molecule has 0 N–H and O–H groups in total. The van der Waals surface area contributed by atoms with Crippen LogP contribution in [0.15, 0.2) is 134 Å². The molecule has 0 fully saturated rings. The van der Waals surface area contributed by atoms with Crippen LogP contribution in [0.4, 0.5) is 0 Å². The number of terminal acetylenes is 1. The summed E-state index contributed by atoms with van der Waals surface area (Å²) in [6, 6.07) is 41.4. The quantitative estimate of drug-likeness (QED) is 0.183. The summed E-state index contributed by atoms with van der Waals surface area (Å²) in [5.41, 5.74) is 11.7. The van der Waals surface area contributed by atoms with Gasteiger partial charge < -0.3 is 0 Å². The molecular weight excluding hydrogens is 540 g/mol. The molecule has 216 valence electrons. The van der Waals surface area contributed by atoms with Gasteiger partial charge in [-0.1, -0.05) is 148 Å². The second-order valence-electron chi connectivity index (χ2n) is 12.7. The molecule has 0 amide bonds. The molecule has 0 radical (unpaired) electrons. The van der Waals surface area contributed by atoms with E-state index in [1.165, 1.54) is 54.9 Å². The highest BCUT2D eigenvalue weighted by Crippen LogP contribution is 2.43. The van der Waals surface area contributed by atoms with Crippen molar-refractivity contribution >= 4 is 39.3 Å².